The maximum absolute atomic E-state index is 12.5. The molecule has 3 rings (SSSR count). The molecule has 0 saturated carbocycles. The van der Waals surface area contributed by atoms with Gasteiger partial charge in [0.1, 0.15) is 0 Å². The Morgan fingerprint density at radius 2 is 2.15 bits per heavy atom. The Balaban J connectivity index is 1.68. The molecule has 2 bridgehead atoms. The van der Waals surface area contributed by atoms with E-state index in [1.54, 1.807) is 0 Å². The van der Waals surface area contributed by atoms with E-state index in [9.17, 15) is 4.79 Å². The lowest BCUT2D eigenvalue weighted by Gasteiger charge is -2.23. The Kier molecular flexibility index (Phi) is 3.55. The van der Waals surface area contributed by atoms with E-state index >= 15 is 0 Å². The predicted octanol–water partition coefficient (Wildman–Crippen LogP) is 2.62. The van der Waals surface area contributed by atoms with Crippen molar-refractivity contribution in [2.24, 2.45) is 5.92 Å². The molecule has 1 aromatic carbocycles. The van der Waals surface area contributed by atoms with Crippen LogP contribution in [-0.2, 0) is 4.79 Å². The standard InChI is InChI=1S/C17H24N2O/c1-10-4-5-11(2)14(8-10)12(3)18-17(20)15-9-13-6-7-16(15)19-13/h4-5,8,12-13,15-16,19H,6-7,9H2,1-3H3,(H,18,20). The molecule has 20 heavy (non-hydrogen) atoms. The van der Waals surface area contributed by atoms with E-state index in [-0.39, 0.29) is 17.9 Å². The molecule has 2 saturated heterocycles. The monoisotopic (exact) mass is 272 g/mol. The molecule has 4 unspecified atom stereocenters. The van der Waals surface area contributed by atoms with Crippen LogP contribution >= 0.6 is 0 Å². The Hall–Kier alpha value is -1.35. The number of fused-ring (bicyclic) bond motifs is 2. The van der Waals surface area contributed by atoms with Crippen LogP contribution in [0.25, 0.3) is 0 Å². The van der Waals surface area contributed by atoms with Gasteiger partial charge in [-0.1, -0.05) is 23.8 Å². The van der Waals surface area contributed by atoms with Crippen LogP contribution in [0.5, 0.6) is 0 Å². The van der Waals surface area contributed by atoms with Gasteiger partial charge >= 0.3 is 0 Å². The number of carbonyl (C=O) groups is 1. The first-order valence-corrected chi connectivity index (χ1v) is 7.68. The molecular weight excluding hydrogens is 248 g/mol. The topological polar surface area (TPSA) is 41.1 Å². The van der Waals surface area contributed by atoms with Crippen molar-refractivity contribution in [2.45, 2.75) is 58.2 Å². The Morgan fingerprint density at radius 3 is 2.80 bits per heavy atom. The SMILES string of the molecule is Cc1ccc(C)c(C(C)NC(=O)C2CC3CCC2N3)c1. The minimum Gasteiger partial charge on any atom is -0.349 e. The molecule has 2 fully saturated rings. The lowest BCUT2D eigenvalue weighted by molar-refractivity contribution is -0.126. The molecule has 0 aromatic heterocycles. The van der Waals surface area contributed by atoms with Gasteiger partial charge in [0.2, 0.25) is 5.91 Å². The zero-order valence-electron chi connectivity index (χ0n) is 12.6. The van der Waals surface area contributed by atoms with Crippen LogP contribution < -0.4 is 10.6 Å². The molecule has 0 aliphatic carbocycles. The fourth-order valence-electron chi connectivity index (χ4n) is 3.74. The number of aryl methyl sites for hydroxylation is 2. The molecule has 108 valence electrons. The number of hydrogen-bond donors (Lipinski definition) is 2. The van der Waals surface area contributed by atoms with Gasteiger partial charge in [0.05, 0.1) is 12.0 Å². The second kappa shape index (κ2) is 5.21. The number of benzene rings is 1. The minimum atomic E-state index is 0.0847. The summed E-state index contributed by atoms with van der Waals surface area (Å²) in [6.07, 6.45) is 3.40. The second-order valence-electron chi connectivity index (χ2n) is 6.48. The van der Waals surface area contributed by atoms with Crippen LogP contribution in [0.2, 0.25) is 0 Å². The number of nitrogens with one attached hydrogen (secondary N) is 2. The van der Waals surface area contributed by atoms with Crippen LogP contribution in [0.4, 0.5) is 0 Å². The van der Waals surface area contributed by atoms with Crippen LogP contribution in [0.3, 0.4) is 0 Å². The highest BCUT2D eigenvalue weighted by Crippen LogP contribution is 2.33. The molecule has 0 spiro atoms. The van der Waals surface area contributed by atoms with Gasteiger partial charge in [-0.05, 0) is 51.2 Å². The van der Waals surface area contributed by atoms with Gasteiger partial charge < -0.3 is 10.6 Å². The molecule has 3 heteroatoms. The maximum atomic E-state index is 12.5. The van der Waals surface area contributed by atoms with Crippen molar-refractivity contribution in [3.8, 4) is 0 Å². The molecule has 0 radical (unpaired) electrons. The van der Waals surface area contributed by atoms with E-state index in [2.05, 4.69) is 49.6 Å². The van der Waals surface area contributed by atoms with Gasteiger partial charge in [0.25, 0.3) is 0 Å². The summed E-state index contributed by atoms with van der Waals surface area (Å²) in [5.74, 6) is 0.388. The zero-order chi connectivity index (χ0) is 14.3. The van der Waals surface area contributed by atoms with E-state index in [1.165, 1.54) is 23.1 Å². The number of hydrogen-bond acceptors (Lipinski definition) is 2. The van der Waals surface area contributed by atoms with Crippen LogP contribution in [0.1, 0.15) is 48.9 Å². The molecule has 3 nitrogen and oxygen atoms in total. The third-order valence-corrected chi connectivity index (χ3v) is 4.90. The van der Waals surface area contributed by atoms with Crippen LogP contribution in [0.15, 0.2) is 18.2 Å². The number of rotatable bonds is 3. The van der Waals surface area contributed by atoms with Crippen molar-refractivity contribution < 1.29 is 4.79 Å². The fraction of sp³-hybridized carbons (Fsp3) is 0.588. The number of carbonyl (C=O) groups excluding carboxylic acids is 1. The van der Waals surface area contributed by atoms with Gasteiger partial charge in [-0.25, -0.2) is 0 Å². The smallest absolute Gasteiger partial charge is 0.225 e. The normalized spacial score (nSPS) is 29.4. The molecule has 1 aromatic rings. The van der Waals surface area contributed by atoms with Crippen molar-refractivity contribution in [2.75, 3.05) is 0 Å². The summed E-state index contributed by atoms with van der Waals surface area (Å²) in [6.45, 7) is 6.29. The van der Waals surface area contributed by atoms with E-state index in [1.807, 2.05) is 0 Å². The average molecular weight is 272 g/mol. The Morgan fingerprint density at radius 1 is 1.35 bits per heavy atom. The summed E-state index contributed by atoms with van der Waals surface area (Å²) in [5.41, 5.74) is 3.72. The van der Waals surface area contributed by atoms with E-state index in [4.69, 9.17) is 0 Å². The molecule has 2 aliphatic heterocycles. The highest BCUT2D eigenvalue weighted by Gasteiger charge is 2.42. The van der Waals surface area contributed by atoms with Gasteiger partial charge in [0, 0.05) is 12.1 Å². The minimum absolute atomic E-state index is 0.0847. The van der Waals surface area contributed by atoms with Crippen molar-refractivity contribution in [3.63, 3.8) is 0 Å². The first kappa shape index (κ1) is 13.6. The van der Waals surface area contributed by atoms with Gasteiger partial charge in [-0.15, -0.1) is 0 Å². The van der Waals surface area contributed by atoms with Crippen LogP contribution in [-0.4, -0.2) is 18.0 Å². The summed E-state index contributed by atoms with van der Waals surface area (Å²) < 4.78 is 0. The summed E-state index contributed by atoms with van der Waals surface area (Å²) in [6, 6.07) is 7.50. The zero-order valence-corrected chi connectivity index (χ0v) is 12.6. The highest BCUT2D eigenvalue weighted by atomic mass is 16.2. The third kappa shape index (κ3) is 2.47. The lowest BCUT2D eigenvalue weighted by atomic mass is 9.88. The molecular formula is C17H24N2O. The molecule has 4 atom stereocenters. The van der Waals surface area contributed by atoms with Crippen molar-refractivity contribution in [1.29, 1.82) is 0 Å². The van der Waals surface area contributed by atoms with Gasteiger partial charge in [0.15, 0.2) is 0 Å². The largest absolute Gasteiger partial charge is 0.349 e. The Bertz CT molecular complexity index is 526. The second-order valence-corrected chi connectivity index (χ2v) is 6.48. The Labute approximate surface area is 121 Å². The predicted molar refractivity (Wildman–Crippen MR) is 80.5 cm³/mol. The summed E-state index contributed by atoms with van der Waals surface area (Å²) in [7, 11) is 0. The highest BCUT2D eigenvalue weighted by molar-refractivity contribution is 5.80. The maximum Gasteiger partial charge on any atom is 0.225 e. The van der Waals surface area contributed by atoms with E-state index < -0.39 is 0 Å². The first-order chi connectivity index (χ1) is 9.54. The first-order valence-electron chi connectivity index (χ1n) is 7.68. The van der Waals surface area contributed by atoms with Gasteiger partial charge in [-0.2, -0.15) is 0 Å². The molecule has 1 amide bonds. The molecule has 2 heterocycles. The third-order valence-electron chi connectivity index (χ3n) is 4.90. The van der Waals surface area contributed by atoms with Gasteiger partial charge in [-0.3, -0.25) is 4.79 Å². The van der Waals surface area contributed by atoms with Crippen molar-refractivity contribution in [1.82, 2.24) is 10.6 Å². The fourth-order valence-corrected chi connectivity index (χ4v) is 3.74. The quantitative estimate of drug-likeness (QED) is 0.888. The lowest BCUT2D eigenvalue weighted by Crippen LogP contribution is -2.38. The summed E-state index contributed by atoms with van der Waals surface area (Å²) >= 11 is 0. The van der Waals surface area contributed by atoms with Crippen molar-refractivity contribution in [3.05, 3.63) is 34.9 Å². The van der Waals surface area contributed by atoms with Crippen molar-refractivity contribution >= 4 is 5.91 Å². The molecule has 2 aliphatic rings. The molecule has 2 N–H and O–H groups in total. The van der Waals surface area contributed by atoms with Crippen LogP contribution in [0, 0.1) is 19.8 Å². The summed E-state index contributed by atoms with van der Waals surface area (Å²) in [5, 5.41) is 6.74. The number of amides is 1. The van der Waals surface area contributed by atoms with E-state index in [0.29, 0.717) is 12.1 Å². The van der Waals surface area contributed by atoms with E-state index in [0.717, 1.165) is 12.8 Å². The average Bonchev–Trinajstić information content (AvgIpc) is 3.03. The summed E-state index contributed by atoms with van der Waals surface area (Å²) in [4.78, 5) is 12.5.